The summed E-state index contributed by atoms with van der Waals surface area (Å²) < 4.78 is 0. The van der Waals surface area contributed by atoms with E-state index in [0.29, 0.717) is 16.9 Å². The van der Waals surface area contributed by atoms with Crippen LogP contribution < -0.4 is 10.6 Å². The Balaban J connectivity index is 3.31. The van der Waals surface area contributed by atoms with Gasteiger partial charge in [0.1, 0.15) is 10.8 Å². The van der Waals surface area contributed by atoms with E-state index in [1.54, 1.807) is 0 Å². The van der Waals surface area contributed by atoms with Gasteiger partial charge in [-0.15, -0.1) is 0 Å². The maximum absolute atomic E-state index is 5.88. The number of hydrogen-bond acceptors (Lipinski definition) is 3. The van der Waals surface area contributed by atoms with Crippen LogP contribution in [0.15, 0.2) is 12.1 Å². The maximum Gasteiger partial charge on any atom is 0.139 e. The van der Waals surface area contributed by atoms with Crippen molar-refractivity contribution in [3.05, 3.63) is 23.4 Å². The summed E-state index contributed by atoms with van der Waals surface area (Å²) >= 11 is 5.20. The minimum atomic E-state index is 0.423. The van der Waals surface area contributed by atoms with Gasteiger partial charge < -0.3 is 10.6 Å². The summed E-state index contributed by atoms with van der Waals surface area (Å²) in [7, 11) is 0. The zero-order valence-corrected chi connectivity index (χ0v) is 14.1. The number of nitrogens with zero attached hydrogens (tertiary/aromatic N) is 2. The van der Waals surface area contributed by atoms with Crippen molar-refractivity contribution in [3.63, 3.8) is 0 Å². The molecule has 0 saturated carbocycles. The van der Waals surface area contributed by atoms with Gasteiger partial charge in [-0.2, -0.15) is 0 Å². The van der Waals surface area contributed by atoms with Gasteiger partial charge in [0.05, 0.1) is 5.56 Å². The zero-order chi connectivity index (χ0) is 15.3. The lowest BCUT2D eigenvalue weighted by Gasteiger charge is -2.34. The molecule has 0 spiro atoms. The quantitative estimate of drug-likeness (QED) is 0.779. The standard InChI is InChI=1S/C16H27N3S/c1-6-13(7-2)19(10-11(3)4)16-14(15(17)20)9-8-12(5)18-16/h8-9,11,13H,6-7,10H2,1-5H3,(H2,17,20). The fourth-order valence-corrected chi connectivity index (χ4v) is 2.64. The van der Waals surface area contributed by atoms with Gasteiger partial charge in [-0.3, -0.25) is 0 Å². The highest BCUT2D eigenvalue weighted by Crippen LogP contribution is 2.24. The van der Waals surface area contributed by atoms with Crippen LogP contribution in [-0.2, 0) is 0 Å². The van der Waals surface area contributed by atoms with Gasteiger partial charge >= 0.3 is 0 Å². The molecule has 4 heteroatoms. The molecule has 1 aromatic rings. The molecule has 0 unspecified atom stereocenters. The third-order valence-electron chi connectivity index (χ3n) is 3.50. The largest absolute Gasteiger partial charge is 0.389 e. The maximum atomic E-state index is 5.88. The van der Waals surface area contributed by atoms with E-state index in [1.165, 1.54) is 0 Å². The molecular formula is C16H27N3S. The van der Waals surface area contributed by atoms with E-state index < -0.39 is 0 Å². The molecule has 0 bridgehead atoms. The van der Waals surface area contributed by atoms with Crippen LogP contribution in [0.5, 0.6) is 0 Å². The molecule has 0 aliphatic carbocycles. The first-order valence-electron chi connectivity index (χ1n) is 7.44. The van der Waals surface area contributed by atoms with E-state index in [9.17, 15) is 0 Å². The van der Waals surface area contributed by atoms with Gasteiger partial charge in [0.25, 0.3) is 0 Å². The average molecular weight is 293 g/mol. The first-order chi connectivity index (χ1) is 9.40. The van der Waals surface area contributed by atoms with Crippen LogP contribution in [0.25, 0.3) is 0 Å². The van der Waals surface area contributed by atoms with Crippen LogP contribution in [0.3, 0.4) is 0 Å². The smallest absolute Gasteiger partial charge is 0.139 e. The van der Waals surface area contributed by atoms with E-state index in [2.05, 4.69) is 32.6 Å². The van der Waals surface area contributed by atoms with E-state index in [0.717, 1.165) is 36.5 Å². The Morgan fingerprint density at radius 1 is 1.30 bits per heavy atom. The van der Waals surface area contributed by atoms with Crippen LogP contribution >= 0.6 is 12.2 Å². The molecule has 2 N–H and O–H groups in total. The van der Waals surface area contributed by atoms with Crippen LogP contribution in [0.4, 0.5) is 5.82 Å². The zero-order valence-electron chi connectivity index (χ0n) is 13.3. The third-order valence-corrected chi connectivity index (χ3v) is 3.72. The molecule has 0 saturated heterocycles. The Morgan fingerprint density at radius 3 is 2.35 bits per heavy atom. The number of anilines is 1. The average Bonchev–Trinajstić information content (AvgIpc) is 2.38. The highest BCUT2D eigenvalue weighted by molar-refractivity contribution is 7.80. The summed E-state index contributed by atoms with van der Waals surface area (Å²) in [5, 5.41) is 0. The molecule has 3 nitrogen and oxygen atoms in total. The lowest BCUT2D eigenvalue weighted by atomic mass is 10.1. The first-order valence-corrected chi connectivity index (χ1v) is 7.85. The van der Waals surface area contributed by atoms with Crippen molar-refractivity contribution in [2.24, 2.45) is 11.7 Å². The Bertz CT molecular complexity index is 453. The predicted molar refractivity (Wildman–Crippen MR) is 91.4 cm³/mol. The van der Waals surface area contributed by atoms with Crippen LogP contribution in [0.1, 0.15) is 51.8 Å². The monoisotopic (exact) mass is 293 g/mol. The molecular weight excluding hydrogens is 266 g/mol. The molecule has 0 fully saturated rings. The highest BCUT2D eigenvalue weighted by Gasteiger charge is 2.22. The molecule has 1 rings (SSSR count). The number of aromatic nitrogens is 1. The van der Waals surface area contributed by atoms with Gasteiger partial charge in [-0.25, -0.2) is 4.98 Å². The minimum absolute atomic E-state index is 0.423. The number of hydrogen-bond donors (Lipinski definition) is 1. The number of pyridine rings is 1. The Morgan fingerprint density at radius 2 is 1.90 bits per heavy atom. The van der Waals surface area contributed by atoms with Crippen molar-refractivity contribution in [2.75, 3.05) is 11.4 Å². The van der Waals surface area contributed by atoms with E-state index in [4.69, 9.17) is 22.9 Å². The number of rotatable bonds is 7. The van der Waals surface area contributed by atoms with Crippen molar-refractivity contribution in [1.29, 1.82) is 0 Å². The van der Waals surface area contributed by atoms with Crippen molar-refractivity contribution in [1.82, 2.24) is 4.98 Å². The van der Waals surface area contributed by atoms with Crippen molar-refractivity contribution in [3.8, 4) is 0 Å². The van der Waals surface area contributed by atoms with Crippen LogP contribution in [0, 0.1) is 12.8 Å². The summed E-state index contributed by atoms with van der Waals surface area (Å²) in [6.07, 6.45) is 2.19. The molecule has 112 valence electrons. The van der Waals surface area contributed by atoms with Gasteiger partial charge in [0.2, 0.25) is 0 Å². The normalized spacial score (nSPS) is 11.2. The Labute approximate surface area is 128 Å². The van der Waals surface area contributed by atoms with Crippen LogP contribution in [0.2, 0.25) is 0 Å². The number of aryl methyl sites for hydroxylation is 1. The lowest BCUT2D eigenvalue weighted by Crippen LogP contribution is -2.39. The topological polar surface area (TPSA) is 42.2 Å². The summed E-state index contributed by atoms with van der Waals surface area (Å²) in [6, 6.07) is 4.44. The molecule has 1 aromatic heterocycles. The van der Waals surface area contributed by atoms with Crippen molar-refractivity contribution in [2.45, 2.75) is 53.5 Å². The highest BCUT2D eigenvalue weighted by atomic mass is 32.1. The SMILES string of the molecule is CCC(CC)N(CC(C)C)c1nc(C)ccc1C(N)=S. The molecule has 0 amide bonds. The van der Waals surface area contributed by atoms with Gasteiger partial charge in [-0.1, -0.05) is 39.9 Å². The number of thiocarbonyl (C=S) groups is 1. The van der Waals surface area contributed by atoms with E-state index in [-0.39, 0.29) is 0 Å². The second-order valence-corrected chi connectivity index (χ2v) is 6.14. The Hall–Kier alpha value is -1.16. The molecule has 20 heavy (non-hydrogen) atoms. The molecule has 1 heterocycles. The van der Waals surface area contributed by atoms with Gasteiger partial charge in [0, 0.05) is 18.3 Å². The first kappa shape index (κ1) is 16.9. The van der Waals surface area contributed by atoms with Gasteiger partial charge in [0.15, 0.2) is 0 Å². The molecule has 0 atom stereocenters. The van der Waals surface area contributed by atoms with Crippen molar-refractivity contribution < 1.29 is 0 Å². The number of nitrogens with two attached hydrogens (primary N) is 1. The summed E-state index contributed by atoms with van der Waals surface area (Å²) in [4.78, 5) is 7.53. The fourth-order valence-electron chi connectivity index (χ4n) is 2.49. The molecule has 0 radical (unpaired) electrons. The third kappa shape index (κ3) is 4.17. The summed E-state index contributed by atoms with van der Waals surface area (Å²) in [5.74, 6) is 1.51. The van der Waals surface area contributed by atoms with E-state index in [1.807, 2.05) is 19.1 Å². The van der Waals surface area contributed by atoms with Gasteiger partial charge in [-0.05, 0) is 37.8 Å². The minimum Gasteiger partial charge on any atom is -0.389 e. The summed E-state index contributed by atoms with van der Waals surface area (Å²) in [5.41, 5.74) is 7.77. The van der Waals surface area contributed by atoms with Crippen LogP contribution in [-0.4, -0.2) is 22.6 Å². The molecule has 0 aliphatic heterocycles. The second kappa shape index (κ2) is 7.58. The second-order valence-electron chi connectivity index (χ2n) is 5.70. The molecule has 0 aliphatic rings. The Kier molecular flexibility index (Phi) is 6.40. The van der Waals surface area contributed by atoms with Crippen molar-refractivity contribution >= 4 is 23.0 Å². The summed E-state index contributed by atoms with van der Waals surface area (Å²) in [6.45, 7) is 11.9. The fraction of sp³-hybridized carbons (Fsp3) is 0.625. The lowest BCUT2D eigenvalue weighted by molar-refractivity contribution is 0.503. The van der Waals surface area contributed by atoms with E-state index >= 15 is 0 Å². The molecule has 0 aromatic carbocycles. The predicted octanol–water partition coefficient (Wildman–Crippen LogP) is 3.68.